The van der Waals surface area contributed by atoms with E-state index in [4.69, 9.17) is 0 Å². The number of aromatic nitrogens is 4. The number of carbonyl (C=O) groups is 2. The number of thioether (sulfide) groups is 1. The van der Waals surface area contributed by atoms with Gasteiger partial charge in [-0.3, -0.25) is 20.4 Å². The van der Waals surface area contributed by atoms with Crippen LogP contribution in [0, 0.1) is 6.92 Å². The molecule has 0 aliphatic rings. The van der Waals surface area contributed by atoms with Gasteiger partial charge in [-0.25, -0.2) is 0 Å². The zero-order valence-electron chi connectivity index (χ0n) is 14.8. The van der Waals surface area contributed by atoms with Crippen molar-refractivity contribution in [1.82, 2.24) is 31.1 Å². The Kier molecular flexibility index (Phi) is 5.82. The molecule has 0 radical (unpaired) electrons. The van der Waals surface area contributed by atoms with Crippen molar-refractivity contribution in [1.29, 1.82) is 0 Å². The first-order valence-corrected chi connectivity index (χ1v) is 9.10. The second-order valence-corrected chi connectivity index (χ2v) is 7.09. The minimum atomic E-state index is -0.517. The van der Waals surface area contributed by atoms with Gasteiger partial charge in [0, 0.05) is 5.56 Å². The molecule has 0 spiro atoms. The zero-order valence-corrected chi connectivity index (χ0v) is 15.6. The standard InChI is InChI=1S/C18H18N6O2S/c1-12-8-10-15(11-9-12)24-18(21-22-23-24)27-13(2)16(25)19-20-17(26)14-6-4-3-5-7-14/h3-11,13H,1-2H3,(H,19,25)(H,20,26)/t13-/m1/s1. The molecular formula is C18H18N6O2S. The quantitative estimate of drug-likeness (QED) is 0.516. The summed E-state index contributed by atoms with van der Waals surface area (Å²) in [6.07, 6.45) is 0. The lowest BCUT2D eigenvalue weighted by molar-refractivity contribution is -0.121. The van der Waals surface area contributed by atoms with Crippen molar-refractivity contribution in [3.05, 3.63) is 65.7 Å². The monoisotopic (exact) mass is 382 g/mol. The molecule has 3 rings (SSSR count). The lowest BCUT2D eigenvalue weighted by Gasteiger charge is -2.12. The van der Waals surface area contributed by atoms with Crippen molar-refractivity contribution in [2.45, 2.75) is 24.3 Å². The molecule has 2 N–H and O–H groups in total. The van der Waals surface area contributed by atoms with Crippen LogP contribution in [0.4, 0.5) is 0 Å². The zero-order chi connectivity index (χ0) is 19.2. The molecule has 0 unspecified atom stereocenters. The van der Waals surface area contributed by atoms with Gasteiger partial charge in [-0.2, -0.15) is 4.68 Å². The molecular weight excluding hydrogens is 364 g/mol. The molecule has 1 atom stereocenters. The van der Waals surface area contributed by atoms with Gasteiger partial charge in [0.05, 0.1) is 10.9 Å². The highest BCUT2D eigenvalue weighted by Crippen LogP contribution is 2.22. The van der Waals surface area contributed by atoms with Crippen LogP contribution in [0.2, 0.25) is 0 Å². The first-order valence-electron chi connectivity index (χ1n) is 8.22. The predicted octanol–water partition coefficient (Wildman–Crippen LogP) is 1.91. The van der Waals surface area contributed by atoms with E-state index in [1.54, 1.807) is 35.9 Å². The molecule has 0 aliphatic heterocycles. The maximum absolute atomic E-state index is 12.3. The smallest absolute Gasteiger partial charge is 0.269 e. The Morgan fingerprint density at radius 1 is 1.04 bits per heavy atom. The number of nitrogens with one attached hydrogen (secondary N) is 2. The van der Waals surface area contributed by atoms with Crippen LogP contribution in [0.25, 0.3) is 5.69 Å². The molecule has 2 aromatic carbocycles. The van der Waals surface area contributed by atoms with Gasteiger partial charge >= 0.3 is 0 Å². The Hall–Kier alpha value is -3.20. The topological polar surface area (TPSA) is 102 Å². The van der Waals surface area contributed by atoms with Gasteiger partial charge in [0.25, 0.3) is 11.8 Å². The summed E-state index contributed by atoms with van der Waals surface area (Å²) in [6.45, 7) is 3.71. The van der Waals surface area contributed by atoms with Crippen molar-refractivity contribution in [3.63, 3.8) is 0 Å². The third-order valence-corrected chi connectivity index (χ3v) is 4.74. The van der Waals surface area contributed by atoms with Crippen LogP contribution >= 0.6 is 11.8 Å². The maximum Gasteiger partial charge on any atom is 0.269 e. The molecule has 1 aromatic heterocycles. The lowest BCUT2D eigenvalue weighted by Crippen LogP contribution is -2.44. The number of rotatable bonds is 5. The number of nitrogens with zero attached hydrogens (tertiary/aromatic N) is 4. The Bertz CT molecular complexity index is 927. The van der Waals surface area contributed by atoms with E-state index >= 15 is 0 Å². The van der Waals surface area contributed by atoms with Gasteiger partial charge < -0.3 is 0 Å². The highest BCUT2D eigenvalue weighted by atomic mass is 32.2. The van der Waals surface area contributed by atoms with Crippen LogP contribution in [0.1, 0.15) is 22.8 Å². The SMILES string of the molecule is Cc1ccc(-n2nnnc2S[C@H](C)C(=O)NNC(=O)c2ccccc2)cc1. The molecule has 0 fully saturated rings. The molecule has 9 heteroatoms. The molecule has 2 amide bonds. The molecule has 0 bridgehead atoms. The maximum atomic E-state index is 12.3. The summed E-state index contributed by atoms with van der Waals surface area (Å²) >= 11 is 1.19. The van der Waals surface area contributed by atoms with Gasteiger partial charge in [-0.15, -0.1) is 5.10 Å². The first kappa shape index (κ1) is 18.6. The molecule has 27 heavy (non-hydrogen) atoms. The van der Waals surface area contributed by atoms with Crippen molar-refractivity contribution in [2.75, 3.05) is 0 Å². The van der Waals surface area contributed by atoms with Crippen LogP contribution in [-0.4, -0.2) is 37.3 Å². The van der Waals surface area contributed by atoms with E-state index in [1.807, 2.05) is 37.3 Å². The van der Waals surface area contributed by atoms with E-state index < -0.39 is 5.25 Å². The molecule has 0 saturated heterocycles. The molecule has 1 heterocycles. The lowest BCUT2D eigenvalue weighted by atomic mass is 10.2. The minimum Gasteiger partial charge on any atom is -0.272 e. The summed E-state index contributed by atoms with van der Waals surface area (Å²) in [5.74, 6) is -0.742. The van der Waals surface area contributed by atoms with Crippen molar-refractivity contribution >= 4 is 23.6 Å². The number of aryl methyl sites for hydroxylation is 1. The average molecular weight is 382 g/mol. The molecule has 0 aliphatic carbocycles. The second-order valence-electron chi connectivity index (χ2n) is 5.78. The van der Waals surface area contributed by atoms with Crippen LogP contribution < -0.4 is 10.9 Å². The summed E-state index contributed by atoms with van der Waals surface area (Å²) in [6, 6.07) is 16.4. The van der Waals surface area contributed by atoms with Crippen molar-refractivity contribution in [3.8, 4) is 5.69 Å². The van der Waals surface area contributed by atoms with Crippen LogP contribution in [0.3, 0.4) is 0 Å². The highest BCUT2D eigenvalue weighted by Gasteiger charge is 2.20. The van der Waals surface area contributed by atoms with E-state index in [1.165, 1.54) is 11.8 Å². The largest absolute Gasteiger partial charge is 0.272 e. The summed E-state index contributed by atoms with van der Waals surface area (Å²) in [5, 5.41) is 11.6. The number of hydrogen-bond acceptors (Lipinski definition) is 6. The Labute approximate surface area is 160 Å². The molecule has 138 valence electrons. The van der Waals surface area contributed by atoms with E-state index in [2.05, 4.69) is 26.4 Å². The van der Waals surface area contributed by atoms with Gasteiger partial charge in [0.2, 0.25) is 5.16 Å². The first-order chi connectivity index (χ1) is 13.0. The third-order valence-electron chi connectivity index (χ3n) is 3.71. The van der Waals surface area contributed by atoms with E-state index in [0.717, 1.165) is 11.3 Å². The Morgan fingerprint density at radius 2 is 1.74 bits per heavy atom. The number of carbonyl (C=O) groups excluding carboxylic acids is 2. The number of tetrazole rings is 1. The van der Waals surface area contributed by atoms with Crippen molar-refractivity contribution in [2.24, 2.45) is 0 Å². The number of hydrogen-bond donors (Lipinski definition) is 2. The fraction of sp³-hybridized carbons (Fsp3) is 0.167. The average Bonchev–Trinajstić information content (AvgIpc) is 3.15. The van der Waals surface area contributed by atoms with Crippen LogP contribution in [0.5, 0.6) is 0 Å². The fourth-order valence-corrected chi connectivity index (χ4v) is 3.00. The summed E-state index contributed by atoms with van der Waals surface area (Å²) in [5.41, 5.74) is 7.22. The van der Waals surface area contributed by atoms with Crippen LogP contribution in [-0.2, 0) is 4.79 Å². The number of amides is 2. The molecule has 8 nitrogen and oxygen atoms in total. The van der Waals surface area contributed by atoms with E-state index in [0.29, 0.717) is 10.7 Å². The summed E-state index contributed by atoms with van der Waals surface area (Å²) in [4.78, 5) is 24.3. The summed E-state index contributed by atoms with van der Waals surface area (Å²) < 4.78 is 1.57. The highest BCUT2D eigenvalue weighted by molar-refractivity contribution is 8.00. The Balaban J connectivity index is 1.60. The van der Waals surface area contributed by atoms with Crippen LogP contribution in [0.15, 0.2) is 59.8 Å². The van der Waals surface area contributed by atoms with Gasteiger partial charge in [0.15, 0.2) is 0 Å². The van der Waals surface area contributed by atoms with Crippen molar-refractivity contribution < 1.29 is 9.59 Å². The van der Waals surface area contributed by atoms with E-state index in [9.17, 15) is 9.59 Å². The fourth-order valence-electron chi connectivity index (χ4n) is 2.19. The minimum absolute atomic E-state index is 0.359. The van der Waals surface area contributed by atoms with E-state index in [-0.39, 0.29) is 11.8 Å². The number of hydrazine groups is 1. The van der Waals surface area contributed by atoms with Gasteiger partial charge in [0.1, 0.15) is 0 Å². The third kappa shape index (κ3) is 4.70. The Morgan fingerprint density at radius 3 is 2.44 bits per heavy atom. The van der Waals surface area contributed by atoms with Gasteiger partial charge in [-0.1, -0.05) is 47.7 Å². The second kappa shape index (κ2) is 8.45. The molecule has 3 aromatic rings. The molecule has 0 saturated carbocycles. The summed E-state index contributed by atoms with van der Waals surface area (Å²) in [7, 11) is 0. The van der Waals surface area contributed by atoms with Gasteiger partial charge in [-0.05, 0) is 48.5 Å². The normalized spacial score (nSPS) is 11.6. The number of benzene rings is 2. The predicted molar refractivity (Wildman–Crippen MR) is 101 cm³/mol.